The molecule has 1 aliphatic carbocycles. The highest BCUT2D eigenvalue weighted by Gasteiger charge is 2.14. The van der Waals surface area contributed by atoms with Gasteiger partial charge >= 0.3 is 0 Å². The molecule has 0 fully saturated rings. The first-order valence-electron chi connectivity index (χ1n) is 7.03. The first-order chi connectivity index (χ1) is 9.88. The number of hydrogen-bond acceptors (Lipinski definition) is 3. The summed E-state index contributed by atoms with van der Waals surface area (Å²) < 4.78 is 7.91. The molecule has 1 heterocycles. The number of nitrogens with zero attached hydrogens (tertiary/aromatic N) is 3. The molecule has 4 heteroatoms. The zero-order valence-electron chi connectivity index (χ0n) is 11.4. The van der Waals surface area contributed by atoms with Crippen molar-refractivity contribution in [3.8, 4) is 11.8 Å². The Balaban J connectivity index is 1.63. The predicted molar refractivity (Wildman–Crippen MR) is 75.5 cm³/mol. The van der Waals surface area contributed by atoms with Gasteiger partial charge in [0.05, 0.1) is 24.1 Å². The molecule has 0 saturated heterocycles. The third kappa shape index (κ3) is 2.53. The van der Waals surface area contributed by atoms with Gasteiger partial charge in [-0.1, -0.05) is 12.1 Å². The van der Waals surface area contributed by atoms with Crippen LogP contribution in [0.25, 0.3) is 0 Å². The van der Waals surface area contributed by atoms with Crippen LogP contribution in [0.1, 0.15) is 29.8 Å². The number of rotatable bonds is 4. The van der Waals surface area contributed by atoms with E-state index >= 15 is 0 Å². The van der Waals surface area contributed by atoms with E-state index in [-0.39, 0.29) is 0 Å². The van der Waals surface area contributed by atoms with Crippen molar-refractivity contribution in [2.45, 2.75) is 32.2 Å². The first-order valence-corrected chi connectivity index (χ1v) is 7.03. The van der Waals surface area contributed by atoms with Gasteiger partial charge in [0.1, 0.15) is 18.4 Å². The van der Waals surface area contributed by atoms with E-state index in [2.05, 4.69) is 15.6 Å². The second-order valence-corrected chi connectivity index (χ2v) is 4.99. The van der Waals surface area contributed by atoms with Gasteiger partial charge in [0, 0.05) is 5.69 Å². The standard InChI is InChI=1S/C16H17N3O/c17-11-13-5-1-4-8-16(13)20-10-9-19-12-18-14-6-2-3-7-15(14)19/h1,4-5,8,12H,2-3,6-7,9-10H2. The van der Waals surface area contributed by atoms with E-state index in [9.17, 15) is 0 Å². The Hall–Kier alpha value is -2.28. The van der Waals surface area contributed by atoms with Crippen LogP contribution in [-0.4, -0.2) is 16.2 Å². The van der Waals surface area contributed by atoms with Crippen molar-refractivity contribution in [3.05, 3.63) is 47.5 Å². The molecule has 20 heavy (non-hydrogen) atoms. The Labute approximate surface area is 118 Å². The fraction of sp³-hybridized carbons (Fsp3) is 0.375. The molecule has 0 aliphatic heterocycles. The molecule has 4 nitrogen and oxygen atoms in total. The zero-order chi connectivity index (χ0) is 13.8. The highest BCUT2D eigenvalue weighted by molar-refractivity contribution is 5.42. The van der Waals surface area contributed by atoms with Crippen LogP contribution in [0.2, 0.25) is 0 Å². The fourth-order valence-corrected chi connectivity index (χ4v) is 2.66. The fourth-order valence-electron chi connectivity index (χ4n) is 2.66. The molecule has 1 aromatic heterocycles. The molecule has 0 amide bonds. The molecule has 0 spiro atoms. The van der Waals surface area contributed by atoms with E-state index in [1.165, 1.54) is 24.2 Å². The molecule has 1 aliphatic rings. The summed E-state index contributed by atoms with van der Waals surface area (Å²) in [5.41, 5.74) is 3.18. The quantitative estimate of drug-likeness (QED) is 0.855. The SMILES string of the molecule is N#Cc1ccccc1OCCn1cnc2c1CCCC2. The van der Waals surface area contributed by atoms with Crippen LogP contribution >= 0.6 is 0 Å². The minimum Gasteiger partial charge on any atom is -0.490 e. The number of imidazole rings is 1. The number of ether oxygens (including phenoxy) is 1. The molecule has 0 radical (unpaired) electrons. The van der Waals surface area contributed by atoms with Crippen LogP contribution in [0, 0.1) is 11.3 Å². The third-order valence-electron chi connectivity index (χ3n) is 3.71. The summed E-state index contributed by atoms with van der Waals surface area (Å²) >= 11 is 0. The minimum atomic E-state index is 0.557. The van der Waals surface area contributed by atoms with Crippen molar-refractivity contribution in [2.75, 3.05) is 6.61 Å². The number of aryl methyl sites for hydroxylation is 1. The van der Waals surface area contributed by atoms with Gasteiger partial charge < -0.3 is 9.30 Å². The largest absolute Gasteiger partial charge is 0.490 e. The average Bonchev–Trinajstić information content (AvgIpc) is 2.91. The third-order valence-corrected chi connectivity index (χ3v) is 3.71. The van der Waals surface area contributed by atoms with Crippen LogP contribution in [0.15, 0.2) is 30.6 Å². The van der Waals surface area contributed by atoms with Crippen molar-refractivity contribution in [1.29, 1.82) is 5.26 Å². The van der Waals surface area contributed by atoms with Gasteiger partial charge in [-0.3, -0.25) is 0 Å². The van der Waals surface area contributed by atoms with Crippen LogP contribution in [0.4, 0.5) is 0 Å². The van der Waals surface area contributed by atoms with Gasteiger partial charge in [0.15, 0.2) is 0 Å². The lowest BCUT2D eigenvalue weighted by molar-refractivity contribution is 0.295. The van der Waals surface area contributed by atoms with E-state index in [0.29, 0.717) is 17.9 Å². The maximum atomic E-state index is 9.01. The Morgan fingerprint density at radius 2 is 2.10 bits per heavy atom. The number of fused-ring (bicyclic) bond motifs is 1. The lowest BCUT2D eigenvalue weighted by Gasteiger charge is -2.14. The zero-order valence-corrected chi connectivity index (χ0v) is 11.4. The molecule has 0 atom stereocenters. The number of para-hydroxylation sites is 1. The normalized spacial score (nSPS) is 13.6. The molecule has 3 rings (SSSR count). The van der Waals surface area contributed by atoms with Crippen molar-refractivity contribution >= 4 is 0 Å². The smallest absolute Gasteiger partial charge is 0.137 e. The summed E-state index contributed by atoms with van der Waals surface area (Å²) in [7, 11) is 0. The van der Waals surface area contributed by atoms with Crippen molar-refractivity contribution in [1.82, 2.24) is 9.55 Å². The second-order valence-electron chi connectivity index (χ2n) is 4.99. The molecule has 102 valence electrons. The summed E-state index contributed by atoms with van der Waals surface area (Å²) in [6.07, 6.45) is 6.62. The van der Waals surface area contributed by atoms with Gasteiger partial charge in [-0.05, 0) is 37.8 Å². The Kier molecular flexibility index (Phi) is 3.69. The number of aromatic nitrogens is 2. The van der Waals surface area contributed by atoms with Crippen LogP contribution in [-0.2, 0) is 19.4 Å². The van der Waals surface area contributed by atoms with Gasteiger partial charge in [-0.2, -0.15) is 5.26 Å². The average molecular weight is 267 g/mol. The minimum absolute atomic E-state index is 0.557. The Bertz CT molecular complexity index is 639. The van der Waals surface area contributed by atoms with Gasteiger partial charge in [0.25, 0.3) is 0 Å². The summed E-state index contributed by atoms with van der Waals surface area (Å²) in [6, 6.07) is 9.48. The molecular formula is C16H17N3O. The van der Waals surface area contributed by atoms with E-state index in [1.54, 1.807) is 6.07 Å². The summed E-state index contributed by atoms with van der Waals surface area (Å²) in [4.78, 5) is 4.47. The first kappa shape index (κ1) is 12.7. The highest BCUT2D eigenvalue weighted by Crippen LogP contribution is 2.20. The molecule has 0 N–H and O–H groups in total. The van der Waals surface area contributed by atoms with E-state index in [1.807, 2.05) is 24.5 Å². The van der Waals surface area contributed by atoms with Gasteiger partial charge in [0.2, 0.25) is 0 Å². The van der Waals surface area contributed by atoms with Crippen LogP contribution in [0.3, 0.4) is 0 Å². The Morgan fingerprint density at radius 3 is 3.00 bits per heavy atom. The lowest BCUT2D eigenvalue weighted by atomic mass is 10.0. The topological polar surface area (TPSA) is 50.8 Å². The lowest BCUT2D eigenvalue weighted by Crippen LogP contribution is -2.13. The number of hydrogen-bond donors (Lipinski definition) is 0. The van der Waals surface area contributed by atoms with Gasteiger partial charge in [-0.25, -0.2) is 4.98 Å². The van der Waals surface area contributed by atoms with Crippen molar-refractivity contribution in [3.63, 3.8) is 0 Å². The summed E-state index contributed by atoms with van der Waals surface area (Å²) in [6.45, 7) is 1.34. The maximum absolute atomic E-state index is 9.01. The molecule has 0 unspecified atom stereocenters. The molecule has 0 bridgehead atoms. The van der Waals surface area contributed by atoms with E-state index < -0.39 is 0 Å². The van der Waals surface area contributed by atoms with Crippen LogP contribution in [0.5, 0.6) is 5.75 Å². The molecule has 2 aromatic rings. The summed E-state index contributed by atoms with van der Waals surface area (Å²) in [5, 5.41) is 9.01. The van der Waals surface area contributed by atoms with E-state index in [4.69, 9.17) is 10.00 Å². The Morgan fingerprint density at radius 1 is 1.25 bits per heavy atom. The highest BCUT2D eigenvalue weighted by atomic mass is 16.5. The number of nitriles is 1. The van der Waals surface area contributed by atoms with Crippen LogP contribution < -0.4 is 4.74 Å². The molecule has 1 aromatic carbocycles. The maximum Gasteiger partial charge on any atom is 0.137 e. The summed E-state index contributed by atoms with van der Waals surface area (Å²) in [5.74, 6) is 0.656. The number of benzene rings is 1. The molecular weight excluding hydrogens is 250 g/mol. The second kappa shape index (κ2) is 5.79. The van der Waals surface area contributed by atoms with E-state index in [0.717, 1.165) is 19.4 Å². The monoisotopic (exact) mass is 267 g/mol. The predicted octanol–water partition coefficient (Wildman–Crippen LogP) is 2.71. The van der Waals surface area contributed by atoms with Crippen molar-refractivity contribution < 1.29 is 4.74 Å². The van der Waals surface area contributed by atoms with Gasteiger partial charge in [-0.15, -0.1) is 0 Å². The molecule has 0 saturated carbocycles. The van der Waals surface area contributed by atoms with Crippen molar-refractivity contribution in [2.24, 2.45) is 0 Å².